The van der Waals surface area contributed by atoms with Gasteiger partial charge in [-0.2, -0.15) is 0 Å². The molecule has 0 aliphatic rings. The number of rotatable bonds is 78. The number of phosphoric ester groups is 2. The fraction of sp³-hybridized carbons (Fsp3) is 0.948. The van der Waals surface area contributed by atoms with Crippen molar-refractivity contribution in [3.63, 3.8) is 0 Å². The summed E-state index contributed by atoms with van der Waals surface area (Å²) in [7, 11) is -9.91. The lowest BCUT2D eigenvalue weighted by Crippen LogP contribution is -2.30. The summed E-state index contributed by atoms with van der Waals surface area (Å²) in [6, 6.07) is 0. The Kier molecular flexibility index (Phi) is 70.0. The minimum atomic E-state index is -4.96. The van der Waals surface area contributed by atoms with E-state index in [0.717, 1.165) is 89.9 Å². The van der Waals surface area contributed by atoms with Crippen molar-refractivity contribution < 1.29 is 80.2 Å². The van der Waals surface area contributed by atoms with Crippen LogP contribution >= 0.6 is 15.6 Å². The third kappa shape index (κ3) is 70.5. The summed E-state index contributed by atoms with van der Waals surface area (Å²) in [5.74, 6) is -2.11. The Bertz CT molecular complexity index is 1830. The van der Waals surface area contributed by atoms with E-state index in [4.69, 9.17) is 37.0 Å². The summed E-state index contributed by atoms with van der Waals surface area (Å²) in [4.78, 5) is 72.8. The van der Waals surface area contributed by atoms with Crippen LogP contribution in [0.2, 0.25) is 0 Å². The van der Waals surface area contributed by atoms with Gasteiger partial charge in [0, 0.05) is 25.7 Å². The Balaban J connectivity index is 5.23. The molecule has 0 aromatic heterocycles. The van der Waals surface area contributed by atoms with Crippen LogP contribution in [0.5, 0.6) is 0 Å². The highest BCUT2D eigenvalue weighted by Gasteiger charge is 2.30. The summed E-state index contributed by atoms with van der Waals surface area (Å²) in [5, 5.41) is 10.6. The highest BCUT2D eigenvalue weighted by molar-refractivity contribution is 7.47. The van der Waals surface area contributed by atoms with Crippen LogP contribution in [0.3, 0.4) is 0 Å². The predicted octanol–water partition coefficient (Wildman–Crippen LogP) is 23.0. The van der Waals surface area contributed by atoms with Crippen molar-refractivity contribution in [3.05, 3.63) is 0 Å². The number of esters is 4. The molecule has 19 heteroatoms. The van der Waals surface area contributed by atoms with Gasteiger partial charge in [0.05, 0.1) is 26.4 Å². The summed E-state index contributed by atoms with van der Waals surface area (Å²) in [5.41, 5.74) is 0. The van der Waals surface area contributed by atoms with Crippen LogP contribution in [0.1, 0.15) is 413 Å². The molecule has 96 heavy (non-hydrogen) atoms. The van der Waals surface area contributed by atoms with Crippen molar-refractivity contribution in [2.24, 2.45) is 0 Å². The van der Waals surface area contributed by atoms with E-state index in [-0.39, 0.29) is 25.7 Å². The Labute approximate surface area is 588 Å². The molecule has 0 saturated heterocycles. The van der Waals surface area contributed by atoms with Crippen LogP contribution < -0.4 is 0 Å². The Hall–Kier alpha value is -1.94. The van der Waals surface area contributed by atoms with Crippen LogP contribution in [0, 0.1) is 0 Å². The maximum Gasteiger partial charge on any atom is 0.472 e. The maximum atomic E-state index is 13.1. The van der Waals surface area contributed by atoms with E-state index in [9.17, 15) is 43.2 Å². The van der Waals surface area contributed by atoms with Crippen LogP contribution in [0.25, 0.3) is 0 Å². The number of hydrogen-bond acceptors (Lipinski definition) is 15. The van der Waals surface area contributed by atoms with Crippen LogP contribution in [-0.2, 0) is 65.4 Å². The molecular weight excluding hydrogens is 1260 g/mol. The fourth-order valence-electron chi connectivity index (χ4n) is 11.9. The SMILES string of the molecule is CCCCCCCCCCCCCCCCCCCC(=O)OC[C@H](COP(=O)(O)OC[C@@H](O)COP(=O)(O)OC[C@@H](COC(=O)CCCCCCCCCCCC)OC(=O)CCCCCCCCCCCCCC)OC(=O)CCCCCCCCCCCCCCCCCCC. The molecule has 0 saturated carbocycles. The van der Waals surface area contributed by atoms with Gasteiger partial charge in [0.15, 0.2) is 12.2 Å². The summed E-state index contributed by atoms with van der Waals surface area (Å²) < 4.78 is 68.6. The molecular formula is C77H150O17P2. The first kappa shape index (κ1) is 94.1. The molecule has 0 aliphatic carbocycles. The highest BCUT2D eigenvalue weighted by atomic mass is 31.2. The van der Waals surface area contributed by atoms with Crippen molar-refractivity contribution in [1.82, 2.24) is 0 Å². The standard InChI is InChI=1S/C77H150O17P2/c1-5-9-13-17-21-25-29-32-34-36-38-40-43-46-50-54-58-62-75(80)88-68-73(94-77(82)64-60-56-52-48-44-41-39-37-35-33-30-26-22-18-14-10-6-2)70-92-96(85,86)90-66-71(78)65-89-95(83,84)91-69-72(67-87-74(79)61-57-53-49-45-28-24-20-16-12-8-4)93-76(81)63-59-55-51-47-42-31-27-23-19-15-11-7-3/h71-73,78H,5-70H2,1-4H3,(H,83,84)(H,85,86)/t71-,72+,73+/m0/s1. The molecule has 0 heterocycles. The van der Waals surface area contributed by atoms with Crippen LogP contribution in [-0.4, -0.2) is 96.7 Å². The molecule has 0 spiro atoms. The van der Waals surface area contributed by atoms with Crippen LogP contribution in [0.15, 0.2) is 0 Å². The number of aliphatic hydroxyl groups excluding tert-OH is 1. The molecule has 0 rings (SSSR count). The summed E-state index contributed by atoms with van der Waals surface area (Å²) >= 11 is 0. The van der Waals surface area contributed by atoms with Gasteiger partial charge in [-0.3, -0.25) is 37.3 Å². The van der Waals surface area contributed by atoms with Crippen molar-refractivity contribution in [3.8, 4) is 0 Å². The second-order valence-corrected chi connectivity index (χ2v) is 30.7. The Morgan fingerprint density at radius 3 is 0.615 bits per heavy atom. The molecule has 5 atom stereocenters. The van der Waals surface area contributed by atoms with Crippen molar-refractivity contribution in [2.75, 3.05) is 39.6 Å². The van der Waals surface area contributed by atoms with Gasteiger partial charge in [-0.1, -0.05) is 362 Å². The van der Waals surface area contributed by atoms with Gasteiger partial charge in [-0.25, -0.2) is 9.13 Å². The number of hydrogen-bond donors (Lipinski definition) is 3. The van der Waals surface area contributed by atoms with E-state index in [2.05, 4.69) is 27.7 Å². The number of unbranched alkanes of at least 4 members (excludes halogenated alkanes) is 52. The van der Waals surface area contributed by atoms with Gasteiger partial charge in [-0.05, 0) is 25.7 Å². The largest absolute Gasteiger partial charge is 0.472 e. The van der Waals surface area contributed by atoms with E-state index in [0.29, 0.717) is 25.7 Å². The molecule has 17 nitrogen and oxygen atoms in total. The molecule has 0 aromatic rings. The zero-order valence-electron chi connectivity index (χ0n) is 62.4. The fourth-order valence-corrected chi connectivity index (χ4v) is 13.5. The summed E-state index contributed by atoms with van der Waals surface area (Å²) in [6.45, 7) is 5.00. The minimum absolute atomic E-state index is 0.108. The second kappa shape index (κ2) is 71.5. The van der Waals surface area contributed by atoms with Gasteiger partial charge >= 0.3 is 39.5 Å². The van der Waals surface area contributed by atoms with Gasteiger partial charge < -0.3 is 33.8 Å². The number of ether oxygens (including phenoxy) is 4. The third-order valence-corrected chi connectivity index (χ3v) is 20.0. The second-order valence-electron chi connectivity index (χ2n) is 27.7. The molecule has 3 N–H and O–H groups in total. The quantitative estimate of drug-likeness (QED) is 0.0222. The van der Waals surface area contributed by atoms with E-state index < -0.39 is 97.5 Å². The van der Waals surface area contributed by atoms with Gasteiger partial charge in [0.25, 0.3) is 0 Å². The number of carbonyl (C=O) groups excluding carboxylic acids is 4. The molecule has 570 valence electrons. The van der Waals surface area contributed by atoms with E-state index in [1.807, 2.05) is 0 Å². The minimum Gasteiger partial charge on any atom is -0.462 e. The average molecular weight is 1410 g/mol. The molecule has 0 bridgehead atoms. The Morgan fingerprint density at radius 2 is 0.417 bits per heavy atom. The smallest absolute Gasteiger partial charge is 0.462 e. The van der Waals surface area contributed by atoms with Gasteiger partial charge in [-0.15, -0.1) is 0 Å². The first-order valence-electron chi connectivity index (χ1n) is 40.3. The first-order chi connectivity index (χ1) is 46.7. The molecule has 2 unspecified atom stereocenters. The highest BCUT2D eigenvalue weighted by Crippen LogP contribution is 2.45. The Morgan fingerprint density at radius 1 is 0.250 bits per heavy atom. The van der Waals surface area contributed by atoms with E-state index in [1.54, 1.807) is 0 Å². The van der Waals surface area contributed by atoms with Crippen molar-refractivity contribution in [1.29, 1.82) is 0 Å². The molecule has 0 aliphatic heterocycles. The lowest BCUT2D eigenvalue weighted by atomic mass is 10.0. The summed E-state index contributed by atoms with van der Waals surface area (Å²) in [6.07, 6.45) is 62.3. The molecule has 0 radical (unpaired) electrons. The topological polar surface area (TPSA) is 237 Å². The number of aliphatic hydroxyl groups is 1. The van der Waals surface area contributed by atoms with Gasteiger partial charge in [0.2, 0.25) is 0 Å². The third-order valence-electron chi connectivity index (χ3n) is 18.1. The molecule has 0 fully saturated rings. The van der Waals surface area contributed by atoms with Crippen molar-refractivity contribution >= 4 is 39.5 Å². The predicted molar refractivity (Wildman–Crippen MR) is 391 cm³/mol. The number of phosphoric acid groups is 2. The average Bonchev–Trinajstić information content (AvgIpc) is 2.01. The number of carbonyl (C=O) groups is 4. The van der Waals surface area contributed by atoms with Crippen LogP contribution in [0.4, 0.5) is 0 Å². The zero-order valence-corrected chi connectivity index (χ0v) is 64.1. The zero-order chi connectivity index (χ0) is 70.4. The van der Waals surface area contributed by atoms with Gasteiger partial charge in [0.1, 0.15) is 19.3 Å². The maximum absolute atomic E-state index is 13.1. The lowest BCUT2D eigenvalue weighted by Gasteiger charge is -2.21. The van der Waals surface area contributed by atoms with E-state index >= 15 is 0 Å². The van der Waals surface area contributed by atoms with E-state index in [1.165, 1.54) is 244 Å². The first-order valence-corrected chi connectivity index (χ1v) is 43.3. The normalized spacial score (nSPS) is 13.9. The van der Waals surface area contributed by atoms with Crippen molar-refractivity contribution in [2.45, 2.75) is 431 Å². The lowest BCUT2D eigenvalue weighted by molar-refractivity contribution is -0.161. The monoisotopic (exact) mass is 1410 g/mol. The molecule has 0 aromatic carbocycles. The molecule has 0 amide bonds.